The summed E-state index contributed by atoms with van der Waals surface area (Å²) >= 11 is 0. The first-order valence-corrected chi connectivity index (χ1v) is 4.35. The Hall–Kier alpha value is -1.82. The lowest BCUT2D eigenvalue weighted by molar-refractivity contribution is -1.92. The summed E-state index contributed by atoms with van der Waals surface area (Å²) in [5.41, 5.74) is 9.25. The van der Waals surface area contributed by atoms with E-state index >= 15 is 0 Å². The van der Waals surface area contributed by atoms with Crippen LogP contribution in [0.3, 0.4) is 0 Å². The molecule has 1 aromatic heterocycles. The van der Waals surface area contributed by atoms with Gasteiger partial charge in [0.25, 0.3) is 5.82 Å². The van der Waals surface area contributed by atoms with Crippen LogP contribution in [0, 0.1) is 20.4 Å². The minimum Gasteiger partial charge on any atom is -0.376 e. The minimum absolute atomic E-state index is 0.0443. The van der Waals surface area contributed by atoms with Gasteiger partial charge in [-0.05, 0) is 0 Å². The second-order valence-electron chi connectivity index (χ2n) is 2.20. The topological polar surface area (TPSA) is 191 Å². The van der Waals surface area contributed by atoms with E-state index in [1.165, 1.54) is 0 Å². The Morgan fingerprint density at radius 1 is 1.40 bits per heavy atom. The Morgan fingerprint density at radius 2 is 1.93 bits per heavy atom. The van der Waals surface area contributed by atoms with Crippen LogP contribution in [0.25, 0.3) is 0 Å². The summed E-state index contributed by atoms with van der Waals surface area (Å²) < 4.78 is 34.0. The van der Waals surface area contributed by atoms with Crippen molar-refractivity contribution >= 4 is 17.3 Å². The second kappa shape index (κ2) is 3.39. The maximum Gasteiger partial charge on any atom is 0.358 e. The molecule has 0 saturated heterocycles. The molecule has 0 aliphatic rings. The zero-order valence-corrected chi connectivity index (χ0v) is 7.58. The smallest absolute Gasteiger partial charge is 0.358 e. The van der Waals surface area contributed by atoms with Crippen LogP contribution >= 0.6 is 0 Å². The van der Waals surface area contributed by atoms with Crippen molar-refractivity contribution in [3.8, 4) is 0 Å². The number of nitrogens with zero attached hydrogens (tertiary/aromatic N) is 3. The molecule has 12 heteroatoms. The van der Waals surface area contributed by atoms with Crippen LogP contribution in [-0.4, -0.2) is 14.9 Å². The van der Waals surface area contributed by atoms with Crippen LogP contribution in [0.1, 0.15) is 0 Å². The van der Waals surface area contributed by atoms with Crippen LogP contribution in [0.2, 0.25) is 0 Å². The lowest BCUT2D eigenvalue weighted by Gasteiger charge is -2.09. The summed E-state index contributed by atoms with van der Waals surface area (Å²) in [6, 6.07) is 0. The number of rotatable bonds is 3. The molecule has 0 fully saturated rings. The highest BCUT2D eigenvalue weighted by molar-refractivity contribution is 5.66. The van der Waals surface area contributed by atoms with E-state index in [1.54, 1.807) is 0 Å². The molecule has 0 spiro atoms. The molecule has 0 bridgehead atoms. The van der Waals surface area contributed by atoms with Crippen LogP contribution in [0.15, 0.2) is 0 Å². The van der Waals surface area contributed by atoms with E-state index in [0.717, 1.165) is 0 Å². The molecule has 15 heavy (non-hydrogen) atoms. The quantitative estimate of drug-likeness (QED) is 0.386. The molecule has 0 aromatic carbocycles. The van der Waals surface area contributed by atoms with Crippen molar-refractivity contribution in [3.05, 3.63) is 10.1 Å². The molecule has 0 atom stereocenters. The SMILES string of the molecule is Nc1nn(O[Cl+3]([O-])([O-])[O-])c(N)c1[N+](=O)[O-]. The average Bonchev–Trinajstić information content (AvgIpc) is 2.23. The lowest BCUT2D eigenvalue weighted by Crippen LogP contribution is -2.65. The van der Waals surface area contributed by atoms with Crippen LogP contribution < -0.4 is 29.8 Å². The maximum atomic E-state index is 10.3. The predicted molar refractivity (Wildman–Crippen MR) is 34.3 cm³/mol. The van der Waals surface area contributed by atoms with Gasteiger partial charge < -0.3 is 11.5 Å². The molecular weight excluding hydrogens is 238 g/mol. The molecule has 0 radical (unpaired) electrons. The molecular formula is C3H4ClN5O6. The fourth-order valence-electron chi connectivity index (χ4n) is 0.741. The first-order chi connectivity index (χ1) is 6.72. The highest BCUT2D eigenvalue weighted by Crippen LogP contribution is 2.26. The molecule has 0 aliphatic carbocycles. The zero-order valence-electron chi connectivity index (χ0n) is 6.82. The number of aromatic nitrogens is 2. The van der Waals surface area contributed by atoms with Crippen LogP contribution in [-0.2, 0) is 0 Å². The first kappa shape index (κ1) is 11.3. The van der Waals surface area contributed by atoms with E-state index in [4.69, 9.17) is 11.5 Å². The Kier molecular flexibility index (Phi) is 2.55. The number of hydrogen-bond donors (Lipinski definition) is 2. The van der Waals surface area contributed by atoms with E-state index in [0.29, 0.717) is 0 Å². The van der Waals surface area contributed by atoms with Gasteiger partial charge in [0.15, 0.2) is 10.2 Å². The van der Waals surface area contributed by atoms with E-state index in [1.807, 2.05) is 0 Å². The van der Waals surface area contributed by atoms with Crippen molar-refractivity contribution in [3.63, 3.8) is 0 Å². The summed E-state index contributed by atoms with van der Waals surface area (Å²) in [7, 11) is -4.86. The van der Waals surface area contributed by atoms with Crippen molar-refractivity contribution in [1.82, 2.24) is 9.94 Å². The standard InChI is InChI=1S/C3H4ClN5O6/c5-2-1(9(13)14)3(6)8(7-2)15-4(10,11)12/h6H2,(H2,5,7). The van der Waals surface area contributed by atoms with Gasteiger partial charge in [-0.25, -0.2) is 0 Å². The van der Waals surface area contributed by atoms with E-state index < -0.39 is 32.5 Å². The number of nitrogen functional groups attached to an aromatic ring is 2. The van der Waals surface area contributed by atoms with E-state index in [9.17, 15) is 24.1 Å². The van der Waals surface area contributed by atoms with Crippen molar-refractivity contribution in [2.75, 3.05) is 11.5 Å². The molecule has 0 saturated carbocycles. The van der Waals surface area contributed by atoms with E-state index in [2.05, 4.69) is 9.49 Å². The number of nitrogens with two attached hydrogens (primary N) is 2. The third-order valence-corrected chi connectivity index (χ3v) is 1.52. The number of nitro groups is 1. The summed E-state index contributed by atoms with van der Waals surface area (Å²) in [5, 5.41) is 13.4. The van der Waals surface area contributed by atoms with Crippen molar-refractivity contribution in [2.45, 2.75) is 0 Å². The summed E-state index contributed by atoms with van der Waals surface area (Å²) in [6.07, 6.45) is 0. The van der Waals surface area contributed by atoms with Gasteiger partial charge in [0, 0.05) is 0 Å². The van der Waals surface area contributed by atoms with Gasteiger partial charge in [-0.15, -0.1) is 0 Å². The number of anilines is 2. The van der Waals surface area contributed by atoms with Gasteiger partial charge >= 0.3 is 5.69 Å². The molecule has 0 amide bonds. The lowest BCUT2D eigenvalue weighted by atomic mass is 10.5. The minimum atomic E-state index is -4.86. The van der Waals surface area contributed by atoms with Crippen molar-refractivity contribution in [2.24, 2.45) is 0 Å². The second-order valence-corrected chi connectivity index (χ2v) is 3.09. The molecule has 1 aromatic rings. The third-order valence-electron chi connectivity index (χ3n) is 1.22. The highest BCUT2D eigenvalue weighted by atomic mass is 35.7. The fourth-order valence-corrected chi connectivity index (χ4v) is 1.01. The van der Waals surface area contributed by atoms with Gasteiger partial charge in [0.05, 0.1) is 14.2 Å². The monoisotopic (exact) mass is 241 g/mol. The Balaban J connectivity index is 3.13. The molecule has 1 heterocycles. The summed E-state index contributed by atoms with van der Waals surface area (Å²) in [5.74, 6) is -1.47. The molecule has 4 N–H and O–H groups in total. The fraction of sp³-hybridized carbons (Fsp3) is 0. The average molecular weight is 242 g/mol. The van der Waals surface area contributed by atoms with Crippen molar-refractivity contribution < 1.29 is 33.5 Å². The van der Waals surface area contributed by atoms with Gasteiger partial charge in [0.2, 0.25) is 5.82 Å². The molecule has 84 valence electrons. The van der Waals surface area contributed by atoms with Crippen LogP contribution in [0.4, 0.5) is 17.3 Å². The molecule has 0 aliphatic heterocycles. The summed E-state index contributed by atoms with van der Waals surface area (Å²) in [4.78, 5) is 9.29. The molecule has 11 nitrogen and oxygen atoms in total. The van der Waals surface area contributed by atoms with Crippen molar-refractivity contribution in [1.29, 1.82) is 0 Å². The Morgan fingerprint density at radius 3 is 2.27 bits per heavy atom. The Bertz CT molecular complexity index is 396. The zero-order chi connectivity index (χ0) is 11.8. The van der Waals surface area contributed by atoms with E-state index in [-0.39, 0.29) is 4.85 Å². The maximum absolute atomic E-state index is 10.3. The van der Waals surface area contributed by atoms with Crippen LogP contribution in [0.5, 0.6) is 0 Å². The highest BCUT2D eigenvalue weighted by Gasteiger charge is 2.32. The normalized spacial score (nSPS) is 11.4. The number of halogens is 1. The summed E-state index contributed by atoms with van der Waals surface area (Å²) in [6.45, 7) is 0. The van der Waals surface area contributed by atoms with Gasteiger partial charge in [0.1, 0.15) is 0 Å². The third kappa shape index (κ3) is 2.35. The Labute approximate surface area is 83.3 Å². The molecule has 1 rings (SSSR count). The first-order valence-electron chi connectivity index (χ1n) is 3.11. The van der Waals surface area contributed by atoms with Gasteiger partial charge in [-0.2, -0.15) is 14.0 Å². The van der Waals surface area contributed by atoms with Gasteiger partial charge in [-0.1, -0.05) is 5.10 Å². The largest absolute Gasteiger partial charge is 0.376 e. The predicted octanol–water partition coefficient (Wildman–Crippen LogP) is -4.72. The number of hydrogen-bond acceptors (Lipinski definition) is 9. The van der Waals surface area contributed by atoms with Gasteiger partial charge in [-0.3, -0.25) is 10.1 Å². The molecule has 0 unspecified atom stereocenters.